The van der Waals surface area contributed by atoms with Gasteiger partial charge in [0, 0.05) is 17.1 Å². The number of benzene rings is 2. The lowest BCUT2D eigenvalue weighted by molar-refractivity contribution is 0.0907. The highest BCUT2D eigenvalue weighted by molar-refractivity contribution is 9.11. The summed E-state index contributed by atoms with van der Waals surface area (Å²) < 4.78 is 5.95. The second-order valence-electron chi connectivity index (χ2n) is 5.02. The Balaban J connectivity index is 1.72. The summed E-state index contributed by atoms with van der Waals surface area (Å²) in [5.41, 5.74) is 1.47. The second kappa shape index (κ2) is 7.55. The maximum atomic E-state index is 12.1. The molecule has 0 radical (unpaired) electrons. The van der Waals surface area contributed by atoms with E-state index in [1.54, 1.807) is 24.3 Å². The number of hydrogen-bond donors (Lipinski definition) is 2. The predicted molar refractivity (Wildman–Crippen MR) is 99.4 cm³/mol. The van der Waals surface area contributed by atoms with Gasteiger partial charge in [-0.3, -0.25) is 4.79 Å². The molecule has 0 aliphatic carbocycles. The fraction of sp³-hybridized carbons (Fsp3) is 0.0625. The van der Waals surface area contributed by atoms with Crippen molar-refractivity contribution >= 4 is 49.4 Å². The molecule has 128 valence electrons. The molecule has 25 heavy (non-hydrogen) atoms. The maximum absolute atomic E-state index is 12.1. The third-order valence-electron chi connectivity index (χ3n) is 3.26. The summed E-state index contributed by atoms with van der Waals surface area (Å²) in [5.74, 6) is -0.332. The molecule has 0 saturated heterocycles. The van der Waals surface area contributed by atoms with Gasteiger partial charge in [0.1, 0.15) is 5.75 Å². The molecule has 1 amide bonds. The van der Waals surface area contributed by atoms with Crippen LogP contribution in [0.3, 0.4) is 0 Å². The van der Waals surface area contributed by atoms with E-state index in [2.05, 4.69) is 47.3 Å². The molecule has 2 aromatic carbocycles. The van der Waals surface area contributed by atoms with Crippen LogP contribution in [0.15, 0.2) is 49.9 Å². The molecule has 0 bridgehead atoms. The molecule has 0 saturated carbocycles. The zero-order valence-corrected chi connectivity index (χ0v) is 16.4. The van der Waals surface area contributed by atoms with Gasteiger partial charge >= 0.3 is 11.8 Å². The van der Waals surface area contributed by atoms with Gasteiger partial charge in [0.15, 0.2) is 0 Å². The molecule has 0 spiro atoms. The van der Waals surface area contributed by atoms with Gasteiger partial charge in [-0.25, -0.2) is 0 Å². The van der Waals surface area contributed by atoms with Gasteiger partial charge in [-0.2, -0.15) is 4.98 Å². The average molecular weight is 488 g/mol. The minimum atomic E-state index is -0.481. The number of carbonyl (C=O) groups excluding carboxylic acids is 1. The van der Waals surface area contributed by atoms with E-state index in [9.17, 15) is 9.90 Å². The van der Waals surface area contributed by atoms with E-state index in [-0.39, 0.29) is 17.5 Å². The molecule has 3 rings (SSSR count). The number of phenols is 1. The molecule has 0 aliphatic heterocycles. The van der Waals surface area contributed by atoms with Crippen molar-refractivity contribution < 1.29 is 14.4 Å². The molecule has 3 aromatic rings. The summed E-state index contributed by atoms with van der Waals surface area (Å²) in [6.07, 6.45) is 0. The molecule has 0 fully saturated rings. The zero-order chi connectivity index (χ0) is 18.0. The Morgan fingerprint density at radius 1 is 1.20 bits per heavy atom. The fourth-order valence-corrected chi connectivity index (χ4v) is 3.30. The first kappa shape index (κ1) is 17.9. The number of halogens is 3. The molecule has 0 aliphatic rings. The molecule has 9 heteroatoms. The predicted octanol–water partition coefficient (Wildman–Crippen LogP) is 4.55. The number of rotatable bonds is 4. The Hall–Kier alpha value is -1.90. The average Bonchev–Trinajstić information content (AvgIpc) is 3.08. The van der Waals surface area contributed by atoms with Crippen LogP contribution in [0.1, 0.15) is 16.2 Å². The fourth-order valence-electron chi connectivity index (χ4n) is 1.99. The van der Waals surface area contributed by atoms with Crippen LogP contribution in [0.25, 0.3) is 11.4 Å². The van der Waals surface area contributed by atoms with Crippen LogP contribution < -0.4 is 5.32 Å². The van der Waals surface area contributed by atoms with Gasteiger partial charge in [-0.05, 0) is 61.7 Å². The Bertz CT molecular complexity index is 906. The van der Waals surface area contributed by atoms with Crippen molar-refractivity contribution in [2.24, 2.45) is 0 Å². The summed E-state index contributed by atoms with van der Waals surface area (Å²) in [7, 11) is 0. The summed E-state index contributed by atoms with van der Waals surface area (Å²) in [5, 5.41) is 16.9. The molecule has 0 unspecified atom stereocenters. The number of phenolic OH excluding ortho intramolecular Hbond substituents is 1. The standard InChI is InChI=1S/C16H10Br2ClN3O3/c17-11-5-9(6-12(18)13(11)23)14-21-16(25-22-14)15(24)20-7-8-1-3-10(19)4-2-8/h1-6,23H,7H2,(H,20,24). The van der Waals surface area contributed by atoms with E-state index in [1.165, 1.54) is 0 Å². The van der Waals surface area contributed by atoms with Crippen molar-refractivity contribution in [2.75, 3.05) is 0 Å². The zero-order valence-electron chi connectivity index (χ0n) is 12.5. The SMILES string of the molecule is O=C(NCc1ccc(Cl)cc1)c1nc(-c2cc(Br)c(O)c(Br)c2)no1. The third kappa shape index (κ3) is 4.20. The summed E-state index contributed by atoms with van der Waals surface area (Å²) >= 11 is 12.3. The van der Waals surface area contributed by atoms with Crippen molar-refractivity contribution in [1.29, 1.82) is 0 Å². The maximum Gasteiger partial charge on any atom is 0.316 e. The Labute approximate surface area is 164 Å². The van der Waals surface area contributed by atoms with Crippen molar-refractivity contribution in [3.05, 3.63) is 61.8 Å². The highest BCUT2D eigenvalue weighted by Gasteiger charge is 2.17. The van der Waals surface area contributed by atoms with E-state index in [0.717, 1.165) is 5.56 Å². The smallest absolute Gasteiger partial charge is 0.316 e. The van der Waals surface area contributed by atoms with Crippen LogP contribution in [-0.2, 0) is 6.54 Å². The third-order valence-corrected chi connectivity index (χ3v) is 4.72. The number of aromatic nitrogens is 2. The van der Waals surface area contributed by atoms with Crippen LogP contribution in [0.4, 0.5) is 0 Å². The van der Waals surface area contributed by atoms with Crippen molar-refractivity contribution in [2.45, 2.75) is 6.54 Å². The van der Waals surface area contributed by atoms with Gasteiger partial charge in [-0.15, -0.1) is 0 Å². The molecule has 2 N–H and O–H groups in total. The molecular weight excluding hydrogens is 477 g/mol. The second-order valence-corrected chi connectivity index (χ2v) is 7.17. The van der Waals surface area contributed by atoms with Crippen LogP contribution in [0.5, 0.6) is 5.75 Å². The number of amides is 1. The minimum absolute atomic E-state index is 0.0631. The van der Waals surface area contributed by atoms with Crippen LogP contribution in [-0.4, -0.2) is 21.2 Å². The first-order chi connectivity index (χ1) is 11.9. The van der Waals surface area contributed by atoms with Crippen LogP contribution >= 0.6 is 43.5 Å². The van der Waals surface area contributed by atoms with Crippen molar-refractivity contribution in [3.63, 3.8) is 0 Å². The van der Waals surface area contributed by atoms with Crippen LogP contribution in [0, 0.1) is 0 Å². The minimum Gasteiger partial charge on any atom is -0.506 e. The normalized spacial score (nSPS) is 10.7. The number of aromatic hydroxyl groups is 1. The largest absolute Gasteiger partial charge is 0.506 e. The van der Waals surface area contributed by atoms with E-state index in [1.807, 2.05) is 12.1 Å². The van der Waals surface area contributed by atoms with Gasteiger partial charge in [-0.1, -0.05) is 28.9 Å². The lowest BCUT2D eigenvalue weighted by Gasteiger charge is -2.03. The van der Waals surface area contributed by atoms with Gasteiger partial charge in [0.05, 0.1) is 8.95 Å². The molecule has 1 aromatic heterocycles. The first-order valence-electron chi connectivity index (χ1n) is 6.99. The van der Waals surface area contributed by atoms with Gasteiger partial charge in [0.25, 0.3) is 0 Å². The Morgan fingerprint density at radius 3 is 2.48 bits per heavy atom. The summed E-state index contributed by atoms with van der Waals surface area (Å²) in [6.45, 7) is 0.310. The summed E-state index contributed by atoms with van der Waals surface area (Å²) in [4.78, 5) is 16.2. The van der Waals surface area contributed by atoms with E-state index in [4.69, 9.17) is 16.1 Å². The molecular formula is C16H10Br2ClN3O3. The summed E-state index contributed by atoms with van der Waals surface area (Å²) in [6, 6.07) is 10.4. The Morgan fingerprint density at radius 2 is 1.84 bits per heavy atom. The van der Waals surface area contributed by atoms with Crippen molar-refractivity contribution in [3.8, 4) is 17.1 Å². The Kier molecular flexibility index (Phi) is 5.41. The highest BCUT2D eigenvalue weighted by Crippen LogP contribution is 2.36. The highest BCUT2D eigenvalue weighted by atomic mass is 79.9. The number of carbonyl (C=O) groups is 1. The van der Waals surface area contributed by atoms with E-state index >= 15 is 0 Å². The lowest BCUT2D eigenvalue weighted by Crippen LogP contribution is -2.23. The first-order valence-corrected chi connectivity index (χ1v) is 8.95. The topological polar surface area (TPSA) is 88.2 Å². The lowest BCUT2D eigenvalue weighted by atomic mass is 10.2. The van der Waals surface area contributed by atoms with Gasteiger partial charge < -0.3 is 14.9 Å². The van der Waals surface area contributed by atoms with Crippen molar-refractivity contribution in [1.82, 2.24) is 15.5 Å². The number of hydrogen-bond acceptors (Lipinski definition) is 5. The monoisotopic (exact) mass is 485 g/mol. The van der Waals surface area contributed by atoms with E-state index in [0.29, 0.717) is 26.1 Å². The number of nitrogens with zero attached hydrogens (tertiary/aromatic N) is 2. The van der Waals surface area contributed by atoms with Gasteiger partial charge in [0.2, 0.25) is 5.82 Å². The molecule has 6 nitrogen and oxygen atoms in total. The quantitative estimate of drug-likeness (QED) is 0.564. The number of nitrogens with one attached hydrogen (secondary N) is 1. The van der Waals surface area contributed by atoms with E-state index < -0.39 is 5.91 Å². The van der Waals surface area contributed by atoms with Crippen LogP contribution in [0.2, 0.25) is 5.02 Å². The molecule has 1 heterocycles. The molecule has 0 atom stereocenters.